The zero-order valence-corrected chi connectivity index (χ0v) is 12.9. The van der Waals surface area contributed by atoms with Crippen LogP contribution in [0.1, 0.15) is 33.4 Å². The molecule has 0 fully saturated rings. The molecule has 0 unspecified atom stereocenters. The van der Waals surface area contributed by atoms with Gasteiger partial charge in [0, 0.05) is 18.1 Å². The summed E-state index contributed by atoms with van der Waals surface area (Å²) in [7, 11) is 4.07. The molecule has 0 radical (unpaired) electrons. The number of aromatic nitrogens is 2. The Morgan fingerprint density at radius 2 is 1.95 bits per heavy atom. The zero-order chi connectivity index (χ0) is 14.5. The summed E-state index contributed by atoms with van der Waals surface area (Å²) in [6.07, 6.45) is 3.44. The fourth-order valence-corrected chi connectivity index (χ4v) is 1.20. The normalized spacial score (nSPS) is 12.2. The standard InChI is InChI=1S/C14H26N4O/c1-11(2)15-7-12-8-17-13(9-16-12)19-10-14(3,4)18(5)6/h8-9,11,15H,7,10H2,1-6H3. The molecular formula is C14H26N4O. The van der Waals surface area contributed by atoms with Gasteiger partial charge in [-0.2, -0.15) is 0 Å². The highest BCUT2D eigenvalue weighted by Crippen LogP contribution is 2.13. The van der Waals surface area contributed by atoms with Crippen LogP contribution in [0.3, 0.4) is 0 Å². The maximum Gasteiger partial charge on any atom is 0.232 e. The SMILES string of the molecule is CC(C)NCc1cnc(OCC(C)(C)N(C)C)cn1. The molecule has 0 amide bonds. The van der Waals surface area contributed by atoms with Crippen molar-refractivity contribution in [2.24, 2.45) is 0 Å². The highest BCUT2D eigenvalue weighted by Gasteiger charge is 2.21. The van der Waals surface area contributed by atoms with Gasteiger partial charge in [-0.05, 0) is 27.9 Å². The number of nitrogens with zero attached hydrogens (tertiary/aromatic N) is 3. The topological polar surface area (TPSA) is 50.3 Å². The molecule has 0 atom stereocenters. The predicted molar refractivity (Wildman–Crippen MR) is 77.3 cm³/mol. The van der Waals surface area contributed by atoms with E-state index in [1.54, 1.807) is 12.4 Å². The van der Waals surface area contributed by atoms with E-state index < -0.39 is 0 Å². The van der Waals surface area contributed by atoms with Crippen molar-refractivity contribution in [3.05, 3.63) is 18.1 Å². The van der Waals surface area contributed by atoms with Gasteiger partial charge < -0.3 is 15.0 Å². The number of likely N-dealkylation sites (N-methyl/N-ethyl adjacent to an activating group) is 1. The molecule has 1 aromatic heterocycles. The predicted octanol–water partition coefficient (Wildman–Crippen LogP) is 1.69. The average molecular weight is 266 g/mol. The van der Waals surface area contributed by atoms with Crippen molar-refractivity contribution >= 4 is 0 Å². The summed E-state index contributed by atoms with van der Waals surface area (Å²) in [6.45, 7) is 9.78. The van der Waals surface area contributed by atoms with Crippen molar-refractivity contribution in [1.82, 2.24) is 20.2 Å². The lowest BCUT2D eigenvalue weighted by Gasteiger charge is -2.31. The largest absolute Gasteiger partial charge is 0.475 e. The Labute approximate surface area is 116 Å². The van der Waals surface area contributed by atoms with E-state index in [4.69, 9.17) is 4.74 Å². The van der Waals surface area contributed by atoms with Gasteiger partial charge >= 0.3 is 0 Å². The van der Waals surface area contributed by atoms with Crippen LogP contribution in [0.5, 0.6) is 5.88 Å². The Hall–Kier alpha value is -1.20. The summed E-state index contributed by atoms with van der Waals surface area (Å²) in [5.74, 6) is 0.572. The summed E-state index contributed by atoms with van der Waals surface area (Å²) in [4.78, 5) is 10.7. The molecule has 1 N–H and O–H groups in total. The summed E-state index contributed by atoms with van der Waals surface area (Å²) >= 11 is 0. The first kappa shape index (κ1) is 15.9. The molecule has 0 aliphatic carbocycles. The van der Waals surface area contributed by atoms with Gasteiger partial charge in [-0.15, -0.1) is 0 Å². The molecule has 0 aromatic carbocycles. The number of hydrogen-bond acceptors (Lipinski definition) is 5. The van der Waals surface area contributed by atoms with Gasteiger partial charge in [0.05, 0.1) is 18.1 Å². The molecule has 0 spiro atoms. The number of nitrogens with one attached hydrogen (secondary N) is 1. The lowest BCUT2D eigenvalue weighted by Crippen LogP contribution is -2.43. The molecule has 0 aliphatic heterocycles. The highest BCUT2D eigenvalue weighted by molar-refractivity contribution is 5.07. The minimum atomic E-state index is -0.0282. The second-order valence-electron chi connectivity index (χ2n) is 5.88. The first-order chi connectivity index (χ1) is 8.81. The van der Waals surface area contributed by atoms with Crippen LogP contribution in [0.15, 0.2) is 12.4 Å². The number of rotatable bonds is 7. The second-order valence-corrected chi connectivity index (χ2v) is 5.88. The summed E-state index contributed by atoms with van der Waals surface area (Å²) in [5, 5.41) is 3.30. The van der Waals surface area contributed by atoms with Crippen LogP contribution in [-0.2, 0) is 6.54 Å². The molecule has 1 rings (SSSR count). The molecule has 1 heterocycles. The van der Waals surface area contributed by atoms with E-state index >= 15 is 0 Å². The molecule has 0 saturated heterocycles. The van der Waals surface area contributed by atoms with Crippen molar-refractivity contribution < 1.29 is 4.74 Å². The summed E-state index contributed by atoms with van der Waals surface area (Å²) in [5.41, 5.74) is 0.896. The van der Waals surface area contributed by atoms with E-state index in [1.165, 1.54) is 0 Å². The Balaban J connectivity index is 2.48. The van der Waals surface area contributed by atoms with E-state index in [0.717, 1.165) is 12.2 Å². The lowest BCUT2D eigenvalue weighted by atomic mass is 10.1. The fraction of sp³-hybridized carbons (Fsp3) is 0.714. The highest BCUT2D eigenvalue weighted by atomic mass is 16.5. The third kappa shape index (κ3) is 5.53. The molecule has 5 nitrogen and oxygen atoms in total. The van der Waals surface area contributed by atoms with Crippen molar-refractivity contribution in [3.8, 4) is 5.88 Å². The Bertz CT molecular complexity index is 374. The summed E-state index contributed by atoms with van der Waals surface area (Å²) < 4.78 is 5.68. The Morgan fingerprint density at radius 1 is 1.26 bits per heavy atom. The van der Waals surface area contributed by atoms with Gasteiger partial charge in [-0.25, -0.2) is 4.98 Å². The summed E-state index contributed by atoms with van der Waals surface area (Å²) in [6, 6.07) is 0.443. The molecule has 0 saturated carbocycles. The van der Waals surface area contributed by atoms with Crippen molar-refractivity contribution in [1.29, 1.82) is 0 Å². The van der Waals surface area contributed by atoms with Crippen LogP contribution in [0.4, 0.5) is 0 Å². The third-order valence-electron chi connectivity index (χ3n) is 3.16. The lowest BCUT2D eigenvalue weighted by molar-refractivity contribution is 0.111. The Morgan fingerprint density at radius 3 is 2.42 bits per heavy atom. The second kappa shape index (κ2) is 6.82. The smallest absolute Gasteiger partial charge is 0.232 e. The quantitative estimate of drug-likeness (QED) is 0.814. The molecule has 19 heavy (non-hydrogen) atoms. The zero-order valence-electron chi connectivity index (χ0n) is 12.9. The van der Waals surface area contributed by atoms with Crippen LogP contribution in [0.2, 0.25) is 0 Å². The van der Waals surface area contributed by atoms with Crippen LogP contribution < -0.4 is 10.1 Å². The van der Waals surface area contributed by atoms with Gasteiger partial charge in [0.1, 0.15) is 6.61 Å². The molecule has 0 aliphatic rings. The molecule has 108 valence electrons. The van der Waals surface area contributed by atoms with Gasteiger partial charge in [0.25, 0.3) is 0 Å². The first-order valence-corrected chi connectivity index (χ1v) is 6.66. The van der Waals surface area contributed by atoms with E-state index in [9.17, 15) is 0 Å². The van der Waals surface area contributed by atoms with E-state index in [-0.39, 0.29) is 5.54 Å². The first-order valence-electron chi connectivity index (χ1n) is 6.66. The van der Waals surface area contributed by atoms with Gasteiger partial charge in [0.2, 0.25) is 5.88 Å². The molecular weight excluding hydrogens is 240 g/mol. The molecule has 1 aromatic rings. The fourth-order valence-electron chi connectivity index (χ4n) is 1.20. The minimum Gasteiger partial charge on any atom is -0.475 e. The maximum absolute atomic E-state index is 5.68. The van der Waals surface area contributed by atoms with E-state index in [1.807, 2.05) is 14.1 Å². The van der Waals surface area contributed by atoms with Gasteiger partial charge in [-0.3, -0.25) is 4.98 Å². The van der Waals surface area contributed by atoms with Crippen LogP contribution in [0.25, 0.3) is 0 Å². The maximum atomic E-state index is 5.68. The monoisotopic (exact) mass is 266 g/mol. The van der Waals surface area contributed by atoms with E-state index in [2.05, 4.69) is 47.9 Å². The van der Waals surface area contributed by atoms with Crippen LogP contribution in [0, 0.1) is 0 Å². The van der Waals surface area contributed by atoms with Gasteiger partial charge in [-0.1, -0.05) is 13.8 Å². The molecule has 0 bridgehead atoms. The average Bonchev–Trinajstić information content (AvgIpc) is 2.35. The van der Waals surface area contributed by atoms with Crippen molar-refractivity contribution in [2.75, 3.05) is 20.7 Å². The Kier molecular flexibility index (Phi) is 5.69. The third-order valence-corrected chi connectivity index (χ3v) is 3.16. The van der Waals surface area contributed by atoms with E-state index in [0.29, 0.717) is 18.5 Å². The van der Waals surface area contributed by atoms with Crippen LogP contribution >= 0.6 is 0 Å². The molecule has 5 heteroatoms. The van der Waals surface area contributed by atoms with Crippen LogP contribution in [-0.4, -0.2) is 47.2 Å². The van der Waals surface area contributed by atoms with Crippen molar-refractivity contribution in [2.45, 2.75) is 45.8 Å². The number of ether oxygens (including phenoxy) is 1. The van der Waals surface area contributed by atoms with Gasteiger partial charge in [0.15, 0.2) is 0 Å². The van der Waals surface area contributed by atoms with Crippen molar-refractivity contribution in [3.63, 3.8) is 0 Å². The minimum absolute atomic E-state index is 0.0282. The number of hydrogen-bond donors (Lipinski definition) is 1.